The lowest BCUT2D eigenvalue weighted by Crippen LogP contribution is -2.63. The predicted molar refractivity (Wildman–Crippen MR) is 88.2 cm³/mol. The molecule has 7 atom stereocenters. The molecule has 0 aromatic rings. The highest BCUT2D eigenvalue weighted by atomic mass is 16.6. The zero-order chi connectivity index (χ0) is 17.6. The summed E-state index contributed by atoms with van der Waals surface area (Å²) in [5.74, 6) is -0.161. The lowest BCUT2D eigenvalue weighted by atomic mass is 9.45. The molecule has 0 radical (unpaired) electrons. The van der Waals surface area contributed by atoms with Crippen LogP contribution >= 0.6 is 0 Å². The van der Waals surface area contributed by atoms with E-state index in [4.69, 9.17) is 9.47 Å². The van der Waals surface area contributed by atoms with Gasteiger partial charge < -0.3 is 14.6 Å². The Kier molecular flexibility index (Phi) is 3.04. The van der Waals surface area contributed by atoms with Crippen LogP contribution in [0, 0.1) is 34.0 Å². The number of ether oxygens (including phenoxy) is 2. The van der Waals surface area contributed by atoms with Crippen molar-refractivity contribution in [2.75, 3.05) is 13.2 Å². The third kappa shape index (κ3) is 1.63. The average molecular weight is 346 g/mol. The van der Waals surface area contributed by atoms with E-state index in [0.717, 1.165) is 32.1 Å². The fourth-order valence-electron chi connectivity index (χ4n) is 7.22. The van der Waals surface area contributed by atoms with Crippen molar-refractivity contribution in [1.82, 2.24) is 0 Å². The van der Waals surface area contributed by atoms with E-state index in [0.29, 0.717) is 25.2 Å². The first-order valence-electron chi connectivity index (χ1n) is 9.57. The second-order valence-corrected chi connectivity index (χ2v) is 9.26. The molecule has 136 valence electrons. The Bertz CT molecular complexity index is 686. The molecule has 0 amide bonds. The maximum Gasteiger partial charge on any atom is 0.320 e. The molecular formula is C20H26O5. The number of allylic oxidation sites excluding steroid dienone is 1. The van der Waals surface area contributed by atoms with Crippen molar-refractivity contribution in [3.05, 3.63) is 12.2 Å². The summed E-state index contributed by atoms with van der Waals surface area (Å²) in [5, 5.41) is 10.5. The largest absolute Gasteiger partial charge is 0.464 e. The van der Waals surface area contributed by atoms with Crippen molar-refractivity contribution in [3.8, 4) is 0 Å². The van der Waals surface area contributed by atoms with Crippen LogP contribution in [0.2, 0.25) is 0 Å². The van der Waals surface area contributed by atoms with E-state index >= 15 is 0 Å². The molecule has 2 heterocycles. The summed E-state index contributed by atoms with van der Waals surface area (Å²) in [6.45, 7) is 6.95. The maximum absolute atomic E-state index is 13.1. The molecule has 2 saturated heterocycles. The van der Waals surface area contributed by atoms with Gasteiger partial charge in [0.25, 0.3) is 0 Å². The Hall–Kier alpha value is -1.20. The standard InChI is InChI=1S/C20H26O5/c1-11-12-4-5-13-19(10-25-17(23)20(13,8-12)15(11)21)7-3-6-18(2)14(19)9-24-16(18)22/h12-14,16,22H,1,3-10H2,2H3/t12-,13+,14-,16-,18-,19-,20+/m1/s1. The maximum atomic E-state index is 13.1. The first-order valence-corrected chi connectivity index (χ1v) is 9.57. The van der Waals surface area contributed by atoms with Crippen LogP contribution in [0.25, 0.3) is 0 Å². The summed E-state index contributed by atoms with van der Waals surface area (Å²) in [7, 11) is 0. The minimum absolute atomic E-state index is 0.0113. The molecule has 0 aromatic carbocycles. The molecule has 2 bridgehead atoms. The Balaban J connectivity index is 1.65. The Morgan fingerprint density at radius 3 is 2.80 bits per heavy atom. The first kappa shape index (κ1) is 16.0. The predicted octanol–water partition coefficient (Wildman–Crippen LogP) is 2.23. The number of hydrogen-bond donors (Lipinski definition) is 1. The lowest BCUT2D eigenvalue weighted by molar-refractivity contribution is -0.213. The number of aliphatic hydroxyl groups excluding tert-OH is 1. The Labute approximate surface area is 147 Å². The highest BCUT2D eigenvalue weighted by molar-refractivity contribution is 6.15. The van der Waals surface area contributed by atoms with Gasteiger partial charge in [-0.2, -0.15) is 0 Å². The molecule has 0 unspecified atom stereocenters. The minimum atomic E-state index is -1.02. The zero-order valence-electron chi connectivity index (χ0n) is 14.8. The Morgan fingerprint density at radius 1 is 1.20 bits per heavy atom. The Morgan fingerprint density at radius 2 is 2.00 bits per heavy atom. The summed E-state index contributed by atoms with van der Waals surface area (Å²) in [5.41, 5.74) is -0.982. The number of aliphatic hydroxyl groups is 1. The number of ketones is 1. The number of Topliss-reactive ketones (excluding diaryl/α,β-unsaturated/α-hetero) is 1. The highest BCUT2D eigenvalue weighted by Gasteiger charge is 2.73. The summed E-state index contributed by atoms with van der Waals surface area (Å²) in [4.78, 5) is 26.0. The first-order chi connectivity index (χ1) is 11.9. The topological polar surface area (TPSA) is 72.8 Å². The van der Waals surface area contributed by atoms with Crippen molar-refractivity contribution >= 4 is 11.8 Å². The lowest BCUT2D eigenvalue weighted by Gasteiger charge is -2.59. The molecule has 1 N–H and O–H groups in total. The molecule has 2 aliphatic heterocycles. The van der Waals surface area contributed by atoms with Crippen LogP contribution in [-0.4, -0.2) is 36.4 Å². The second kappa shape index (κ2) is 4.74. The van der Waals surface area contributed by atoms with Gasteiger partial charge >= 0.3 is 5.97 Å². The molecule has 5 heteroatoms. The normalized spacial score (nSPS) is 54.4. The molecule has 5 nitrogen and oxygen atoms in total. The molecule has 5 fully saturated rings. The number of cyclic esters (lactones) is 1. The van der Waals surface area contributed by atoms with Crippen LogP contribution in [-0.2, 0) is 19.1 Å². The minimum Gasteiger partial charge on any atom is -0.464 e. The van der Waals surface area contributed by atoms with Crippen LogP contribution in [0.15, 0.2) is 12.2 Å². The highest BCUT2D eigenvalue weighted by Crippen LogP contribution is 2.69. The quantitative estimate of drug-likeness (QED) is 0.414. The summed E-state index contributed by atoms with van der Waals surface area (Å²) in [6, 6.07) is 0. The van der Waals surface area contributed by atoms with E-state index in [1.807, 2.05) is 0 Å². The third-order valence-electron chi connectivity index (χ3n) is 8.52. The molecule has 2 spiro atoms. The SMILES string of the molecule is C=C1C(=O)[C@]23C[C@H]1CC[C@H]2[C@@]1(CCC[C@@]2(C)[C@H](O)OC[C@H]21)COC3=O. The van der Waals surface area contributed by atoms with Gasteiger partial charge in [-0.25, -0.2) is 0 Å². The van der Waals surface area contributed by atoms with Crippen molar-refractivity contribution in [1.29, 1.82) is 0 Å². The molecule has 25 heavy (non-hydrogen) atoms. The average Bonchev–Trinajstić information content (AvgIpc) is 3.01. The van der Waals surface area contributed by atoms with Gasteiger partial charge in [0.1, 0.15) is 5.41 Å². The fourth-order valence-corrected chi connectivity index (χ4v) is 7.22. The molecular weight excluding hydrogens is 320 g/mol. The third-order valence-corrected chi connectivity index (χ3v) is 8.52. The van der Waals surface area contributed by atoms with Gasteiger partial charge in [-0.15, -0.1) is 0 Å². The van der Waals surface area contributed by atoms with Gasteiger partial charge in [-0.3, -0.25) is 9.59 Å². The van der Waals surface area contributed by atoms with E-state index in [2.05, 4.69) is 13.5 Å². The summed E-state index contributed by atoms with van der Waals surface area (Å²) in [6.07, 6.45) is 4.42. The van der Waals surface area contributed by atoms with Crippen molar-refractivity contribution in [3.63, 3.8) is 0 Å². The van der Waals surface area contributed by atoms with Crippen LogP contribution in [0.3, 0.4) is 0 Å². The monoisotopic (exact) mass is 346 g/mol. The van der Waals surface area contributed by atoms with Crippen LogP contribution in [0.4, 0.5) is 0 Å². The number of rotatable bonds is 0. The van der Waals surface area contributed by atoms with Gasteiger partial charge in [0, 0.05) is 16.7 Å². The van der Waals surface area contributed by atoms with E-state index in [1.54, 1.807) is 0 Å². The molecule has 3 saturated carbocycles. The molecule has 5 rings (SSSR count). The van der Waals surface area contributed by atoms with Crippen LogP contribution in [0.5, 0.6) is 0 Å². The molecule has 3 aliphatic carbocycles. The fraction of sp³-hybridized carbons (Fsp3) is 0.800. The summed E-state index contributed by atoms with van der Waals surface area (Å²) >= 11 is 0. The van der Waals surface area contributed by atoms with Crippen LogP contribution < -0.4 is 0 Å². The van der Waals surface area contributed by atoms with Crippen LogP contribution in [0.1, 0.15) is 45.4 Å². The number of esters is 1. The number of hydrogen-bond acceptors (Lipinski definition) is 5. The van der Waals surface area contributed by atoms with Gasteiger partial charge in [0.05, 0.1) is 13.2 Å². The van der Waals surface area contributed by atoms with Gasteiger partial charge in [-0.05, 0) is 49.5 Å². The van der Waals surface area contributed by atoms with E-state index in [-0.39, 0.29) is 40.3 Å². The van der Waals surface area contributed by atoms with E-state index < -0.39 is 11.7 Å². The van der Waals surface area contributed by atoms with Gasteiger partial charge in [-0.1, -0.05) is 19.9 Å². The van der Waals surface area contributed by atoms with E-state index in [1.165, 1.54) is 0 Å². The summed E-state index contributed by atoms with van der Waals surface area (Å²) < 4.78 is 11.4. The van der Waals surface area contributed by atoms with Gasteiger partial charge in [0.2, 0.25) is 0 Å². The van der Waals surface area contributed by atoms with Crippen molar-refractivity contribution in [2.45, 2.75) is 51.7 Å². The number of carbonyl (C=O) groups excluding carboxylic acids is 2. The van der Waals surface area contributed by atoms with E-state index in [9.17, 15) is 14.7 Å². The van der Waals surface area contributed by atoms with Crippen molar-refractivity contribution < 1.29 is 24.2 Å². The number of carbonyl (C=O) groups is 2. The van der Waals surface area contributed by atoms with Crippen molar-refractivity contribution in [2.24, 2.45) is 34.0 Å². The molecule has 5 aliphatic rings. The molecule has 0 aromatic heterocycles. The second-order valence-electron chi connectivity index (χ2n) is 9.26. The smallest absolute Gasteiger partial charge is 0.320 e. The zero-order valence-corrected chi connectivity index (χ0v) is 14.8. The van der Waals surface area contributed by atoms with Gasteiger partial charge in [0.15, 0.2) is 12.1 Å². The number of fused-ring (bicyclic) bond motifs is 4.